The molecule has 1 aliphatic heterocycles. The molecule has 2 N–H and O–H groups in total. The Balaban J connectivity index is 1.42. The number of hydrogen-bond donors (Lipinski definition) is 2. The minimum absolute atomic E-state index is 0.0659. The molecule has 1 unspecified atom stereocenters. The number of fused-ring (bicyclic) bond motifs is 1. The highest BCUT2D eigenvalue weighted by Crippen LogP contribution is 2.33. The lowest BCUT2D eigenvalue weighted by molar-refractivity contribution is -0.126. The molecule has 160 valence electrons. The summed E-state index contributed by atoms with van der Waals surface area (Å²) in [5.74, 6) is -0.947. The van der Waals surface area contributed by atoms with Gasteiger partial charge in [0.05, 0.1) is 23.8 Å². The molecule has 2 aromatic carbocycles. The van der Waals surface area contributed by atoms with Crippen LogP contribution in [0.15, 0.2) is 54.7 Å². The Morgan fingerprint density at radius 2 is 1.84 bits per heavy atom. The highest BCUT2D eigenvalue weighted by Gasteiger charge is 2.36. The highest BCUT2D eigenvalue weighted by molar-refractivity contribution is 6.07. The fourth-order valence-electron chi connectivity index (χ4n) is 3.88. The number of amides is 3. The number of nitrogens with zero attached hydrogens (tertiary/aromatic N) is 2. The van der Waals surface area contributed by atoms with Gasteiger partial charge in [0.15, 0.2) is 0 Å². The Hall–Kier alpha value is -3.81. The Bertz CT molecular complexity index is 1150. The monoisotopic (exact) mass is 420 g/mol. The van der Waals surface area contributed by atoms with E-state index in [2.05, 4.69) is 10.9 Å². The lowest BCUT2D eigenvalue weighted by Gasteiger charge is -2.20. The van der Waals surface area contributed by atoms with Crippen molar-refractivity contribution in [1.82, 2.24) is 15.4 Å². The van der Waals surface area contributed by atoms with Gasteiger partial charge < -0.3 is 14.2 Å². The van der Waals surface area contributed by atoms with E-state index in [4.69, 9.17) is 4.74 Å². The normalized spacial score (nSPS) is 15.9. The lowest BCUT2D eigenvalue weighted by atomic mass is 10.1. The second-order valence-corrected chi connectivity index (χ2v) is 7.42. The summed E-state index contributed by atoms with van der Waals surface area (Å²) in [6, 6.07) is 14.8. The second kappa shape index (κ2) is 8.51. The van der Waals surface area contributed by atoms with E-state index in [1.807, 2.05) is 54.9 Å². The number of hydrogen-bond acceptors (Lipinski definition) is 4. The molecule has 1 saturated heterocycles. The minimum Gasteiger partial charge on any atom is -0.492 e. The number of hydrazine groups is 1. The summed E-state index contributed by atoms with van der Waals surface area (Å²) < 4.78 is 7.46. The Morgan fingerprint density at radius 3 is 2.65 bits per heavy atom. The zero-order chi connectivity index (χ0) is 22.0. The van der Waals surface area contributed by atoms with Crippen molar-refractivity contribution in [2.45, 2.75) is 13.3 Å². The Labute approximate surface area is 179 Å². The number of aromatic nitrogens is 1. The fourth-order valence-corrected chi connectivity index (χ4v) is 3.88. The van der Waals surface area contributed by atoms with Crippen LogP contribution < -0.4 is 20.5 Å². The van der Waals surface area contributed by atoms with E-state index in [0.717, 1.165) is 10.9 Å². The SMILES string of the molecule is CCOc1ccccc1N1CC(C(=O)NNC(=O)c2cn(C)c3ccccc23)CC1=O. The van der Waals surface area contributed by atoms with Gasteiger partial charge in [0.25, 0.3) is 5.91 Å². The van der Waals surface area contributed by atoms with Crippen molar-refractivity contribution in [3.05, 3.63) is 60.3 Å². The van der Waals surface area contributed by atoms with Crippen LogP contribution in [0.3, 0.4) is 0 Å². The van der Waals surface area contributed by atoms with Crippen LogP contribution in [0.1, 0.15) is 23.7 Å². The molecule has 0 radical (unpaired) electrons. The largest absolute Gasteiger partial charge is 0.492 e. The first kappa shape index (κ1) is 20.5. The molecule has 0 aliphatic carbocycles. The summed E-state index contributed by atoms with van der Waals surface area (Å²) in [6.07, 6.45) is 1.79. The smallest absolute Gasteiger partial charge is 0.271 e. The molecular weight excluding hydrogens is 396 g/mol. The van der Waals surface area contributed by atoms with Gasteiger partial charge in [0.1, 0.15) is 5.75 Å². The zero-order valence-corrected chi connectivity index (χ0v) is 17.4. The maximum atomic E-state index is 12.6. The minimum atomic E-state index is -0.574. The number of carbonyl (C=O) groups is 3. The zero-order valence-electron chi connectivity index (χ0n) is 17.4. The number of aryl methyl sites for hydroxylation is 1. The molecule has 0 saturated carbocycles. The van der Waals surface area contributed by atoms with E-state index in [1.165, 1.54) is 0 Å². The summed E-state index contributed by atoms with van der Waals surface area (Å²) >= 11 is 0. The average Bonchev–Trinajstić information content (AvgIpc) is 3.33. The predicted octanol–water partition coefficient (Wildman–Crippen LogP) is 2.39. The van der Waals surface area contributed by atoms with E-state index >= 15 is 0 Å². The van der Waals surface area contributed by atoms with Crippen molar-refractivity contribution in [3.63, 3.8) is 0 Å². The quantitative estimate of drug-likeness (QED) is 0.620. The van der Waals surface area contributed by atoms with E-state index < -0.39 is 17.7 Å². The maximum absolute atomic E-state index is 12.6. The number of carbonyl (C=O) groups excluding carboxylic acids is 3. The third-order valence-corrected chi connectivity index (χ3v) is 5.39. The summed E-state index contributed by atoms with van der Waals surface area (Å²) in [5.41, 5.74) is 6.98. The van der Waals surface area contributed by atoms with Crippen molar-refractivity contribution in [1.29, 1.82) is 0 Å². The van der Waals surface area contributed by atoms with E-state index in [-0.39, 0.29) is 18.9 Å². The van der Waals surface area contributed by atoms with Crippen LogP contribution >= 0.6 is 0 Å². The van der Waals surface area contributed by atoms with Gasteiger partial charge in [-0.25, -0.2) is 0 Å². The van der Waals surface area contributed by atoms with Crippen molar-refractivity contribution >= 4 is 34.3 Å². The summed E-state index contributed by atoms with van der Waals surface area (Å²) in [5, 5.41) is 0.798. The Kier molecular flexibility index (Phi) is 5.62. The van der Waals surface area contributed by atoms with Crippen molar-refractivity contribution in [3.8, 4) is 5.75 Å². The van der Waals surface area contributed by atoms with Gasteiger partial charge >= 0.3 is 0 Å². The first-order valence-corrected chi connectivity index (χ1v) is 10.2. The third-order valence-electron chi connectivity index (χ3n) is 5.39. The third kappa shape index (κ3) is 3.96. The molecule has 1 atom stereocenters. The van der Waals surface area contributed by atoms with Gasteiger partial charge in [0, 0.05) is 37.1 Å². The van der Waals surface area contributed by atoms with Gasteiger partial charge in [-0.2, -0.15) is 0 Å². The summed E-state index contributed by atoms with van der Waals surface area (Å²) in [7, 11) is 1.86. The molecule has 31 heavy (non-hydrogen) atoms. The molecule has 0 bridgehead atoms. The van der Waals surface area contributed by atoms with Crippen LogP contribution in [0.4, 0.5) is 5.69 Å². The van der Waals surface area contributed by atoms with Crippen molar-refractivity contribution in [2.75, 3.05) is 18.1 Å². The van der Waals surface area contributed by atoms with Crippen molar-refractivity contribution in [2.24, 2.45) is 13.0 Å². The average molecular weight is 420 g/mol. The van der Waals surface area contributed by atoms with E-state index in [0.29, 0.717) is 23.6 Å². The van der Waals surface area contributed by atoms with Crippen LogP contribution in [-0.2, 0) is 16.6 Å². The fraction of sp³-hybridized carbons (Fsp3) is 0.261. The predicted molar refractivity (Wildman–Crippen MR) is 117 cm³/mol. The number of anilines is 1. The van der Waals surface area contributed by atoms with Gasteiger partial charge in [-0.05, 0) is 25.1 Å². The number of rotatable bonds is 5. The molecule has 1 aliphatic rings. The molecule has 4 rings (SSSR count). The first-order valence-electron chi connectivity index (χ1n) is 10.2. The van der Waals surface area contributed by atoms with Crippen LogP contribution in [0.25, 0.3) is 10.9 Å². The van der Waals surface area contributed by atoms with Crippen LogP contribution in [0, 0.1) is 5.92 Å². The maximum Gasteiger partial charge on any atom is 0.271 e. The van der Waals surface area contributed by atoms with Crippen LogP contribution in [0.2, 0.25) is 0 Å². The standard InChI is InChI=1S/C23H24N4O4/c1-3-31-20-11-7-6-10-19(20)27-13-15(12-21(27)28)22(29)24-25-23(30)17-14-26(2)18-9-5-4-8-16(17)18/h4-11,14-15H,3,12-13H2,1-2H3,(H,24,29)(H,25,30). The van der Waals surface area contributed by atoms with Gasteiger partial charge in [0.2, 0.25) is 11.8 Å². The topological polar surface area (TPSA) is 92.7 Å². The Morgan fingerprint density at radius 1 is 1.10 bits per heavy atom. The summed E-state index contributed by atoms with van der Waals surface area (Å²) in [4.78, 5) is 39.4. The molecule has 8 nitrogen and oxygen atoms in total. The van der Waals surface area contributed by atoms with Crippen LogP contribution in [0.5, 0.6) is 5.75 Å². The molecular formula is C23H24N4O4. The molecule has 1 fully saturated rings. The summed E-state index contributed by atoms with van der Waals surface area (Å²) in [6.45, 7) is 2.57. The van der Waals surface area contributed by atoms with Crippen LogP contribution in [-0.4, -0.2) is 35.4 Å². The molecule has 2 heterocycles. The van der Waals surface area contributed by atoms with E-state index in [9.17, 15) is 14.4 Å². The van der Waals surface area contributed by atoms with Gasteiger partial charge in [-0.3, -0.25) is 25.2 Å². The molecule has 1 aromatic heterocycles. The lowest BCUT2D eigenvalue weighted by Crippen LogP contribution is -2.45. The van der Waals surface area contributed by atoms with E-state index in [1.54, 1.807) is 23.2 Å². The number of benzene rings is 2. The number of nitrogens with one attached hydrogen (secondary N) is 2. The highest BCUT2D eigenvalue weighted by atomic mass is 16.5. The first-order chi connectivity index (χ1) is 15.0. The molecule has 0 spiro atoms. The number of para-hydroxylation sites is 3. The molecule has 3 amide bonds. The second-order valence-electron chi connectivity index (χ2n) is 7.42. The molecule has 3 aromatic rings. The number of ether oxygens (including phenoxy) is 1. The molecule has 8 heteroatoms. The van der Waals surface area contributed by atoms with Gasteiger partial charge in [-0.15, -0.1) is 0 Å². The van der Waals surface area contributed by atoms with Gasteiger partial charge in [-0.1, -0.05) is 30.3 Å². The van der Waals surface area contributed by atoms with Crippen molar-refractivity contribution < 1.29 is 19.1 Å².